The smallest absolute Gasteiger partial charge is 0.0890 e. The summed E-state index contributed by atoms with van der Waals surface area (Å²) in [5.74, 6) is 0. The Balaban J connectivity index is 1.98. The Kier molecular flexibility index (Phi) is 4.12. The van der Waals surface area contributed by atoms with Crippen LogP contribution in [0.5, 0.6) is 0 Å². The molecule has 0 saturated heterocycles. The van der Waals surface area contributed by atoms with Gasteiger partial charge in [-0.2, -0.15) is 0 Å². The molecule has 19 heavy (non-hydrogen) atoms. The SMILES string of the molecule is CN(C)C(C)(C)CNCc1cnc2ccccc2n1. The Morgan fingerprint density at radius 1 is 1.16 bits per heavy atom. The fourth-order valence-electron chi connectivity index (χ4n) is 1.74. The predicted octanol–water partition coefficient (Wildman–Crippen LogP) is 2.06. The average molecular weight is 258 g/mol. The third kappa shape index (κ3) is 3.49. The Morgan fingerprint density at radius 2 is 1.84 bits per heavy atom. The predicted molar refractivity (Wildman–Crippen MR) is 79.0 cm³/mol. The zero-order valence-corrected chi connectivity index (χ0v) is 12.1. The molecule has 102 valence electrons. The van der Waals surface area contributed by atoms with Gasteiger partial charge in [0.1, 0.15) is 0 Å². The Labute approximate surface area is 114 Å². The minimum atomic E-state index is 0.129. The molecule has 0 aliphatic heterocycles. The molecule has 1 aromatic heterocycles. The third-order valence-corrected chi connectivity index (χ3v) is 3.57. The highest BCUT2D eigenvalue weighted by Gasteiger charge is 2.19. The van der Waals surface area contributed by atoms with Gasteiger partial charge in [0.05, 0.1) is 22.9 Å². The molecule has 0 saturated carbocycles. The van der Waals surface area contributed by atoms with Crippen LogP contribution in [0.2, 0.25) is 0 Å². The largest absolute Gasteiger partial charge is 0.309 e. The molecule has 0 spiro atoms. The number of hydrogen-bond acceptors (Lipinski definition) is 4. The molecule has 1 aromatic carbocycles. The van der Waals surface area contributed by atoms with E-state index in [1.807, 2.05) is 30.5 Å². The van der Waals surface area contributed by atoms with Gasteiger partial charge in [0.2, 0.25) is 0 Å². The minimum absolute atomic E-state index is 0.129. The van der Waals surface area contributed by atoms with Crippen molar-refractivity contribution in [3.8, 4) is 0 Å². The van der Waals surface area contributed by atoms with Crippen molar-refractivity contribution >= 4 is 11.0 Å². The molecule has 0 unspecified atom stereocenters. The summed E-state index contributed by atoms with van der Waals surface area (Å²) >= 11 is 0. The standard InChI is InChI=1S/C15H22N4/c1-15(2,19(3)4)11-16-9-12-10-17-13-7-5-6-8-14(13)18-12/h5-8,10,16H,9,11H2,1-4H3. The molecule has 4 nitrogen and oxygen atoms in total. The quantitative estimate of drug-likeness (QED) is 0.891. The first-order valence-electron chi connectivity index (χ1n) is 6.58. The second kappa shape index (κ2) is 5.63. The molecule has 0 aliphatic carbocycles. The topological polar surface area (TPSA) is 41.0 Å². The van der Waals surface area contributed by atoms with Gasteiger partial charge in [0.15, 0.2) is 0 Å². The van der Waals surface area contributed by atoms with Crippen molar-refractivity contribution in [3.05, 3.63) is 36.2 Å². The fourth-order valence-corrected chi connectivity index (χ4v) is 1.74. The molecular weight excluding hydrogens is 236 g/mol. The van der Waals surface area contributed by atoms with Crippen molar-refractivity contribution in [2.75, 3.05) is 20.6 Å². The van der Waals surface area contributed by atoms with Gasteiger partial charge >= 0.3 is 0 Å². The Hall–Kier alpha value is -1.52. The number of likely N-dealkylation sites (N-methyl/N-ethyl adjacent to an activating group) is 1. The summed E-state index contributed by atoms with van der Waals surface area (Å²) < 4.78 is 0. The lowest BCUT2D eigenvalue weighted by molar-refractivity contribution is 0.189. The highest BCUT2D eigenvalue weighted by Crippen LogP contribution is 2.10. The molecule has 1 heterocycles. The number of nitrogens with one attached hydrogen (secondary N) is 1. The van der Waals surface area contributed by atoms with E-state index in [9.17, 15) is 0 Å². The summed E-state index contributed by atoms with van der Waals surface area (Å²) in [6, 6.07) is 7.95. The van der Waals surface area contributed by atoms with Crippen LogP contribution in [0.15, 0.2) is 30.5 Å². The third-order valence-electron chi connectivity index (χ3n) is 3.57. The fraction of sp³-hybridized carbons (Fsp3) is 0.467. The van der Waals surface area contributed by atoms with Gasteiger partial charge in [0.25, 0.3) is 0 Å². The van der Waals surface area contributed by atoms with E-state index in [1.165, 1.54) is 0 Å². The molecule has 2 rings (SSSR count). The van der Waals surface area contributed by atoms with Crippen LogP contribution in [0.3, 0.4) is 0 Å². The number of para-hydroxylation sites is 2. The van der Waals surface area contributed by atoms with Crippen molar-refractivity contribution in [3.63, 3.8) is 0 Å². The molecule has 0 aliphatic rings. The van der Waals surface area contributed by atoms with Gasteiger partial charge in [-0.05, 0) is 40.1 Å². The van der Waals surface area contributed by atoms with Crippen molar-refractivity contribution in [2.24, 2.45) is 0 Å². The van der Waals surface area contributed by atoms with Gasteiger partial charge in [-0.1, -0.05) is 12.1 Å². The molecule has 0 fully saturated rings. The van der Waals surface area contributed by atoms with Gasteiger partial charge in [-0.25, -0.2) is 4.98 Å². The summed E-state index contributed by atoms with van der Waals surface area (Å²) in [7, 11) is 4.19. The first-order valence-corrected chi connectivity index (χ1v) is 6.58. The maximum Gasteiger partial charge on any atom is 0.0890 e. The van der Waals surface area contributed by atoms with E-state index in [1.54, 1.807) is 0 Å². The van der Waals surface area contributed by atoms with Crippen LogP contribution in [0.1, 0.15) is 19.5 Å². The van der Waals surface area contributed by atoms with Crippen molar-refractivity contribution in [1.82, 2.24) is 20.2 Å². The highest BCUT2D eigenvalue weighted by molar-refractivity contribution is 5.73. The minimum Gasteiger partial charge on any atom is -0.309 e. The van der Waals surface area contributed by atoms with Crippen LogP contribution < -0.4 is 5.32 Å². The van der Waals surface area contributed by atoms with E-state index >= 15 is 0 Å². The van der Waals surface area contributed by atoms with E-state index < -0.39 is 0 Å². The second-order valence-electron chi connectivity index (χ2n) is 5.66. The van der Waals surface area contributed by atoms with Gasteiger partial charge < -0.3 is 10.2 Å². The Morgan fingerprint density at radius 3 is 2.53 bits per heavy atom. The molecule has 1 N–H and O–H groups in total. The van der Waals surface area contributed by atoms with Gasteiger partial charge in [-0.3, -0.25) is 4.98 Å². The van der Waals surface area contributed by atoms with Crippen LogP contribution in [0, 0.1) is 0 Å². The normalized spacial score (nSPS) is 12.3. The number of rotatable bonds is 5. The second-order valence-corrected chi connectivity index (χ2v) is 5.66. The molecule has 0 atom stereocenters. The summed E-state index contributed by atoms with van der Waals surface area (Å²) in [4.78, 5) is 11.2. The lowest BCUT2D eigenvalue weighted by Gasteiger charge is -2.32. The van der Waals surface area contributed by atoms with E-state index in [0.29, 0.717) is 0 Å². The monoisotopic (exact) mass is 258 g/mol. The molecule has 0 radical (unpaired) electrons. The van der Waals surface area contributed by atoms with Gasteiger partial charge in [0, 0.05) is 18.6 Å². The van der Waals surface area contributed by atoms with Crippen molar-refractivity contribution in [1.29, 1.82) is 0 Å². The summed E-state index contributed by atoms with van der Waals surface area (Å²) in [6.45, 7) is 6.09. The van der Waals surface area contributed by atoms with Crippen molar-refractivity contribution < 1.29 is 0 Å². The summed E-state index contributed by atoms with van der Waals surface area (Å²) in [5, 5.41) is 3.44. The number of hydrogen-bond donors (Lipinski definition) is 1. The van der Waals surface area contributed by atoms with Crippen molar-refractivity contribution in [2.45, 2.75) is 25.9 Å². The number of nitrogens with zero attached hydrogens (tertiary/aromatic N) is 3. The molecular formula is C15H22N4. The zero-order valence-electron chi connectivity index (χ0n) is 12.1. The van der Waals surface area contributed by atoms with Crippen LogP contribution >= 0.6 is 0 Å². The van der Waals surface area contributed by atoms with Crippen LogP contribution in [0.25, 0.3) is 11.0 Å². The zero-order chi connectivity index (χ0) is 13.9. The van der Waals surface area contributed by atoms with Crippen LogP contribution in [-0.4, -0.2) is 41.0 Å². The molecule has 4 heteroatoms. The molecule has 2 aromatic rings. The van der Waals surface area contributed by atoms with Gasteiger partial charge in [-0.15, -0.1) is 0 Å². The van der Waals surface area contributed by atoms with Crippen LogP contribution in [0.4, 0.5) is 0 Å². The number of benzene rings is 1. The molecule has 0 bridgehead atoms. The number of aromatic nitrogens is 2. The van der Waals surface area contributed by atoms with Crippen LogP contribution in [-0.2, 0) is 6.54 Å². The van der Waals surface area contributed by atoms with E-state index in [4.69, 9.17) is 0 Å². The number of fused-ring (bicyclic) bond motifs is 1. The van der Waals surface area contributed by atoms with E-state index in [-0.39, 0.29) is 5.54 Å². The summed E-state index contributed by atoms with van der Waals surface area (Å²) in [6.07, 6.45) is 1.85. The maximum absolute atomic E-state index is 4.60. The first-order chi connectivity index (χ1) is 8.99. The maximum atomic E-state index is 4.60. The summed E-state index contributed by atoms with van der Waals surface area (Å²) in [5.41, 5.74) is 3.01. The van der Waals surface area contributed by atoms with E-state index in [0.717, 1.165) is 29.8 Å². The Bertz CT molecular complexity index is 549. The highest BCUT2D eigenvalue weighted by atomic mass is 15.2. The lowest BCUT2D eigenvalue weighted by Crippen LogP contribution is -2.46. The lowest BCUT2D eigenvalue weighted by atomic mass is 10.0. The first kappa shape index (κ1) is 13.9. The average Bonchev–Trinajstić information content (AvgIpc) is 2.38. The van der Waals surface area contributed by atoms with E-state index in [2.05, 4.69) is 48.1 Å². The molecule has 0 amide bonds.